The number of aliphatic hydroxyl groups is 1. The van der Waals surface area contributed by atoms with Gasteiger partial charge in [0.2, 0.25) is 5.88 Å². The molecule has 2 aromatic carbocycles. The number of ether oxygens (including phenoxy) is 1. The van der Waals surface area contributed by atoms with E-state index in [0.29, 0.717) is 11.8 Å². The van der Waals surface area contributed by atoms with Crippen molar-refractivity contribution < 1.29 is 31.4 Å². The third-order valence-electron chi connectivity index (χ3n) is 4.64. The van der Waals surface area contributed by atoms with Crippen LogP contribution in [0.1, 0.15) is 18.1 Å². The van der Waals surface area contributed by atoms with Gasteiger partial charge in [-0.25, -0.2) is 13.4 Å². The molecule has 3 aromatic rings. The quantitative estimate of drug-likeness (QED) is 0.599. The molecular formula is C22H20F3NO4S. The standard InChI is InChI=1S/C22H20F3NO4S/c1-21(27,16-8-4-3-5-9-16)14-30-20-19(12-17(13-26-20)22(23,24)25)15-7-6-10-18(11-15)31(2,28)29/h3-13,27H,14H2,1-2H3. The number of rotatable bonds is 6. The second kappa shape index (κ2) is 8.32. The lowest BCUT2D eigenvalue weighted by molar-refractivity contribution is -0.137. The van der Waals surface area contributed by atoms with Crippen molar-refractivity contribution in [2.24, 2.45) is 0 Å². The molecule has 0 aliphatic heterocycles. The van der Waals surface area contributed by atoms with Crippen LogP contribution in [0.4, 0.5) is 13.2 Å². The topological polar surface area (TPSA) is 76.5 Å². The first-order valence-corrected chi connectivity index (χ1v) is 11.1. The lowest BCUT2D eigenvalue weighted by Crippen LogP contribution is -2.29. The third kappa shape index (κ3) is 5.42. The first kappa shape index (κ1) is 22.8. The molecule has 0 saturated carbocycles. The number of benzene rings is 2. The van der Waals surface area contributed by atoms with Crippen LogP contribution < -0.4 is 4.74 Å². The van der Waals surface area contributed by atoms with Crippen molar-refractivity contribution in [1.82, 2.24) is 4.98 Å². The summed E-state index contributed by atoms with van der Waals surface area (Å²) in [5.41, 5.74) is -1.73. The van der Waals surface area contributed by atoms with Gasteiger partial charge in [-0.05, 0) is 36.2 Å². The van der Waals surface area contributed by atoms with Gasteiger partial charge < -0.3 is 9.84 Å². The predicted molar refractivity (Wildman–Crippen MR) is 109 cm³/mol. The Balaban J connectivity index is 2.03. The van der Waals surface area contributed by atoms with E-state index in [0.717, 1.165) is 12.3 Å². The van der Waals surface area contributed by atoms with Crippen LogP contribution in [0, 0.1) is 0 Å². The number of hydrogen-bond donors (Lipinski definition) is 1. The van der Waals surface area contributed by atoms with Crippen molar-refractivity contribution >= 4 is 9.84 Å². The van der Waals surface area contributed by atoms with Crippen molar-refractivity contribution in [1.29, 1.82) is 0 Å². The molecule has 0 bridgehead atoms. The summed E-state index contributed by atoms with van der Waals surface area (Å²) in [6.07, 6.45) is -3.01. The number of pyridine rings is 1. The highest BCUT2D eigenvalue weighted by Crippen LogP contribution is 2.37. The maximum absolute atomic E-state index is 13.3. The molecule has 31 heavy (non-hydrogen) atoms. The normalized spacial score (nSPS) is 14.1. The van der Waals surface area contributed by atoms with Gasteiger partial charge in [-0.15, -0.1) is 0 Å². The molecule has 0 saturated heterocycles. The minimum Gasteiger partial charge on any atom is -0.474 e. The molecule has 1 aromatic heterocycles. The van der Waals surface area contributed by atoms with Gasteiger partial charge in [0.15, 0.2) is 9.84 Å². The fourth-order valence-corrected chi connectivity index (χ4v) is 3.58. The molecule has 0 aliphatic rings. The van der Waals surface area contributed by atoms with Crippen LogP contribution in [0.25, 0.3) is 11.1 Å². The fourth-order valence-electron chi connectivity index (χ4n) is 2.91. The molecule has 1 unspecified atom stereocenters. The molecule has 1 atom stereocenters. The Labute approximate surface area is 178 Å². The van der Waals surface area contributed by atoms with Gasteiger partial charge in [-0.1, -0.05) is 42.5 Å². The third-order valence-corrected chi connectivity index (χ3v) is 5.75. The zero-order valence-electron chi connectivity index (χ0n) is 16.7. The molecule has 164 valence electrons. The molecule has 0 spiro atoms. The van der Waals surface area contributed by atoms with Crippen LogP contribution in [-0.4, -0.2) is 31.4 Å². The van der Waals surface area contributed by atoms with Gasteiger partial charge in [-0.3, -0.25) is 0 Å². The average Bonchev–Trinajstić information content (AvgIpc) is 2.71. The van der Waals surface area contributed by atoms with Crippen molar-refractivity contribution in [3.8, 4) is 17.0 Å². The number of halogens is 3. The maximum atomic E-state index is 13.3. The van der Waals surface area contributed by atoms with E-state index in [1.54, 1.807) is 30.3 Å². The largest absolute Gasteiger partial charge is 0.474 e. The van der Waals surface area contributed by atoms with Gasteiger partial charge in [0.05, 0.1) is 10.5 Å². The molecule has 0 fully saturated rings. The van der Waals surface area contributed by atoms with Crippen LogP contribution in [-0.2, 0) is 21.6 Å². The Morgan fingerprint density at radius 3 is 2.29 bits per heavy atom. The van der Waals surface area contributed by atoms with Crippen LogP contribution in [0.2, 0.25) is 0 Å². The molecule has 9 heteroatoms. The minimum atomic E-state index is -4.65. The fraction of sp³-hybridized carbons (Fsp3) is 0.227. The summed E-state index contributed by atoms with van der Waals surface area (Å²) < 4.78 is 69.2. The molecule has 1 heterocycles. The first-order chi connectivity index (χ1) is 14.4. The molecule has 5 nitrogen and oxygen atoms in total. The molecule has 1 N–H and O–H groups in total. The van der Waals surface area contributed by atoms with Crippen molar-refractivity contribution in [3.63, 3.8) is 0 Å². The average molecular weight is 451 g/mol. The van der Waals surface area contributed by atoms with Gasteiger partial charge >= 0.3 is 6.18 Å². The minimum absolute atomic E-state index is 0.0378. The maximum Gasteiger partial charge on any atom is 0.417 e. The highest BCUT2D eigenvalue weighted by molar-refractivity contribution is 7.90. The van der Waals surface area contributed by atoms with Gasteiger partial charge in [0.25, 0.3) is 0 Å². The Morgan fingerprint density at radius 1 is 1.00 bits per heavy atom. The van der Waals surface area contributed by atoms with E-state index in [4.69, 9.17) is 4.74 Å². The summed E-state index contributed by atoms with van der Waals surface area (Å²) in [6, 6.07) is 15.0. The zero-order chi connectivity index (χ0) is 22.9. The van der Waals surface area contributed by atoms with Gasteiger partial charge in [-0.2, -0.15) is 13.2 Å². The summed E-state index contributed by atoms with van der Waals surface area (Å²) >= 11 is 0. The monoisotopic (exact) mass is 451 g/mol. The van der Waals surface area contributed by atoms with Gasteiger partial charge in [0, 0.05) is 18.0 Å². The lowest BCUT2D eigenvalue weighted by Gasteiger charge is -2.24. The SMILES string of the molecule is CC(O)(COc1ncc(C(F)(F)F)cc1-c1cccc(S(C)(=O)=O)c1)c1ccccc1. The van der Waals surface area contributed by atoms with E-state index in [-0.39, 0.29) is 28.5 Å². The van der Waals surface area contributed by atoms with E-state index in [2.05, 4.69) is 4.98 Å². The van der Waals surface area contributed by atoms with E-state index in [9.17, 15) is 26.7 Å². The summed E-state index contributed by atoms with van der Waals surface area (Å²) in [5, 5.41) is 10.7. The predicted octanol–water partition coefficient (Wildman–Crippen LogP) is 4.46. The highest BCUT2D eigenvalue weighted by atomic mass is 32.2. The number of aromatic nitrogens is 1. The number of alkyl halides is 3. The highest BCUT2D eigenvalue weighted by Gasteiger charge is 2.33. The number of nitrogens with zero attached hydrogens (tertiary/aromatic N) is 1. The van der Waals surface area contributed by atoms with Crippen LogP contribution >= 0.6 is 0 Å². The summed E-state index contributed by atoms with van der Waals surface area (Å²) in [4.78, 5) is 3.76. The van der Waals surface area contributed by atoms with Crippen LogP contribution in [0.5, 0.6) is 5.88 Å². The number of hydrogen-bond acceptors (Lipinski definition) is 5. The van der Waals surface area contributed by atoms with Gasteiger partial charge in [0.1, 0.15) is 12.2 Å². The second-order valence-corrected chi connectivity index (χ2v) is 9.32. The van der Waals surface area contributed by atoms with E-state index in [1.165, 1.54) is 31.2 Å². The molecule has 0 radical (unpaired) electrons. The molecule has 3 rings (SSSR count). The first-order valence-electron chi connectivity index (χ1n) is 9.16. The van der Waals surface area contributed by atoms with Crippen LogP contribution in [0.3, 0.4) is 0 Å². The summed E-state index contributed by atoms with van der Waals surface area (Å²) in [7, 11) is -3.58. The van der Waals surface area contributed by atoms with E-state index in [1.807, 2.05) is 0 Å². The van der Waals surface area contributed by atoms with Crippen molar-refractivity contribution in [2.75, 3.05) is 12.9 Å². The summed E-state index contributed by atoms with van der Waals surface area (Å²) in [5.74, 6) is -0.158. The van der Waals surface area contributed by atoms with E-state index < -0.39 is 27.2 Å². The Morgan fingerprint density at radius 2 is 1.68 bits per heavy atom. The Kier molecular flexibility index (Phi) is 6.11. The smallest absolute Gasteiger partial charge is 0.417 e. The number of sulfone groups is 1. The molecule has 0 amide bonds. The van der Waals surface area contributed by atoms with Crippen molar-refractivity contribution in [3.05, 3.63) is 78.0 Å². The van der Waals surface area contributed by atoms with Crippen molar-refractivity contribution in [2.45, 2.75) is 23.6 Å². The van der Waals surface area contributed by atoms with E-state index >= 15 is 0 Å². The molecular weight excluding hydrogens is 431 g/mol. The lowest BCUT2D eigenvalue weighted by atomic mass is 9.97. The summed E-state index contributed by atoms with van der Waals surface area (Å²) in [6.45, 7) is 1.23. The van der Waals surface area contributed by atoms with Crippen LogP contribution in [0.15, 0.2) is 71.8 Å². The zero-order valence-corrected chi connectivity index (χ0v) is 17.5. The Bertz CT molecular complexity index is 1180. The Hall–Kier alpha value is -2.91. The molecule has 0 aliphatic carbocycles. The second-order valence-electron chi connectivity index (χ2n) is 7.30.